The number of aromatic carboxylic acids is 1. The summed E-state index contributed by atoms with van der Waals surface area (Å²) in [6, 6.07) is 16.9. The van der Waals surface area contributed by atoms with Crippen molar-refractivity contribution < 1.29 is 19.5 Å². The molecule has 0 bridgehead atoms. The van der Waals surface area contributed by atoms with Crippen LogP contribution in [0, 0.1) is 0 Å². The van der Waals surface area contributed by atoms with Gasteiger partial charge in [-0.05, 0) is 24.6 Å². The predicted molar refractivity (Wildman–Crippen MR) is 98.2 cm³/mol. The Morgan fingerprint density at radius 3 is 2.38 bits per heavy atom. The number of benzene rings is 2. The molecule has 136 valence electrons. The molecule has 0 unspecified atom stereocenters. The van der Waals surface area contributed by atoms with Gasteiger partial charge in [-0.15, -0.1) is 0 Å². The molecule has 1 aliphatic rings. The Kier molecular flexibility index (Phi) is 5.99. The third-order valence-corrected chi connectivity index (χ3v) is 4.58. The fraction of sp³-hybridized carbons (Fsp3) is 0.300. The number of ether oxygens (including phenoxy) is 1. The van der Waals surface area contributed by atoms with Gasteiger partial charge in [-0.25, -0.2) is 0 Å². The summed E-state index contributed by atoms with van der Waals surface area (Å²) < 4.78 is 5.50. The molecule has 6 nitrogen and oxygen atoms in total. The lowest BCUT2D eigenvalue weighted by Crippen LogP contribution is -3.15. The second-order valence-electron chi connectivity index (χ2n) is 6.34. The smallest absolute Gasteiger partial charge is 0.154 e. The van der Waals surface area contributed by atoms with Gasteiger partial charge in [0.05, 0.1) is 30.6 Å². The van der Waals surface area contributed by atoms with Gasteiger partial charge < -0.3 is 19.5 Å². The van der Waals surface area contributed by atoms with Gasteiger partial charge in [0, 0.05) is 5.56 Å². The van der Waals surface area contributed by atoms with Gasteiger partial charge >= 0.3 is 0 Å². The van der Waals surface area contributed by atoms with Gasteiger partial charge in [0.15, 0.2) is 6.04 Å². The summed E-state index contributed by atoms with van der Waals surface area (Å²) in [5.74, 6) is -1.18. The summed E-state index contributed by atoms with van der Waals surface area (Å²) in [5, 5.41) is 15.4. The molecular weight excluding hydrogens is 330 g/mol. The zero-order valence-corrected chi connectivity index (χ0v) is 14.8. The third-order valence-electron chi connectivity index (χ3n) is 4.58. The third kappa shape index (κ3) is 4.47. The Labute approximate surface area is 153 Å². The van der Waals surface area contributed by atoms with Crippen LogP contribution in [0.5, 0.6) is 0 Å². The molecule has 0 aliphatic carbocycles. The minimum Gasteiger partial charge on any atom is -0.545 e. The van der Waals surface area contributed by atoms with E-state index in [1.807, 2.05) is 25.1 Å². The second kappa shape index (κ2) is 8.60. The van der Waals surface area contributed by atoms with Gasteiger partial charge in [0.25, 0.3) is 0 Å². The van der Waals surface area contributed by atoms with Crippen molar-refractivity contribution in [2.24, 2.45) is 5.10 Å². The van der Waals surface area contributed by atoms with Crippen LogP contribution in [0.1, 0.15) is 28.9 Å². The first kappa shape index (κ1) is 18.1. The maximum atomic E-state index is 10.8. The number of rotatable bonds is 6. The lowest BCUT2D eigenvalue weighted by Gasteiger charge is -2.31. The molecule has 0 aromatic heterocycles. The van der Waals surface area contributed by atoms with Crippen LogP contribution >= 0.6 is 0 Å². The number of nitrogens with one attached hydrogen (secondary N) is 2. The molecular formula is C20H23N3O3. The molecule has 1 fully saturated rings. The monoisotopic (exact) mass is 353 g/mol. The van der Waals surface area contributed by atoms with Crippen molar-refractivity contribution in [2.75, 3.05) is 31.7 Å². The van der Waals surface area contributed by atoms with Crippen LogP contribution in [0.15, 0.2) is 59.7 Å². The molecule has 0 amide bonds. The van der Waals surface area contributed by atoms with E-state index in [1.54, 1.807) is 12.1 Å². The first-order chi connectivity index (χ1) is 12.6. The molecule has 1 aliphatic heterocycles. The minimum absolute atomic E-state index is 0.148. The van der Waals surface area contributed by atoms with Crippen molar-refractivity contribution >= 4 is 17.4 Å². The average molecular weight is 353 g/mol. The maximum Gasteiger partial charge on any atom is 0.154 e. The fourth-order valence-electron chi connectivity index (χ4n) is 3.24. The molecule has 1 saturated heterocycles. The van der Waals surface area contributed by atoms with Gasteiger partial charge in [0.1, 0.15) is 13.1 Å². The van der Waals surface area contributed by atoms with Gasteiger partial charge in [-0.1, -0.05) is 42.5 Å². The van der Waals surface area contributed by atoms with Crippen LogP contribution in [0.2, 0.25) is 0 Å². The number of hydrogen-bond acceptors (Lipinski definition) is 5. The molecule has 1 atom stereocenters. The van der Waals surface area contributed by atoms with Crippen molar-refractivity contribution in [1.29, 1.82) is 0 Å². The van der Waals surface area contributed by atoms with Crippen LogP contribution < -0.4 is 15.4 Å². The molecule has 3 rings (SSSR count). The van der Waals surface area contributed by atoms with Crippen molar-refractivity contribution in [3.05, 3.63) is 65.7 Å². The van der Waals surface area contributed by atoms with Crippen molar-refractivity contribution in [3.63, 3.8) is 0 Å². The van der Waals surface area contributed by atoms with Crippen molar-refractivity contribution in [3.8, 4) is 0 Å². The van der Waals surface area contributed by atoms with Crippen LogP contribution in [0.4, 0.5) is 5.69 Å². The Morgan fingerprint density at radius 2 is 1.77 bits per heavy atom. The molecule has 2 aromatic carbocycles. The quantitative estimate of drug-likeness (QED) is 0.585. The molecule has 2 aromatic rings. The summed E-state index contributed by atoms with van der Waals surface area (Å²) in [4.78, 5) is 12.3. The summed E-state index contributed by atoms with van der Waals surface area (Å²) in [7, 11) is 0. The highest BCUT2D eigenvalue weighted by atomic mass is 16.5. The number of carbonyl (C=O) groups is 1. The zero-order chi connectivity index (χ0) is 18.4. The minimum atomic E-state index is -1.18. The van der Waals surface area contributed by atoms with E-state index in [-0.39, 0.29) is 11.6 Å². The summed E-state index contributed by atoms with van der Waals surface area (Å²) in [5.41, 5.74) is 6.11. The summed E-state index contributed by atoms with van der Waals surface area (Å²) >= 11 is 0. The average Bonchev–Trinajstić information content (AvgIpc) is 2.68. The van der Waals surface area contributed by atoms with Crippen LogP contribution in [0.25, 0.3) is 0 Å². The molecule has 2 N–H and O–H groups in total. The van der Waals surface area contributed by atoms with E-state index in [0.29, 0.717) is 0 Å². The van der Waals surface area contributed by atoms with Crippen LogP contribution in [-0.2, 0) is 4.74 Å². The molecule has 6 heteroatoms. The van der Waals surface area contributed by atoms with E-state index in [9.17, 15) is 9.90 Å². The second-order valence-corrected chi connectivity index (χ2v) is 6.34. The predicted octanol–water partition coefficient (Wildman–Crippen LogP) is 0.494. The van der Waals surface area contributed by atoms with Crippen LogP contribution in [0.3, 0.4) is 0 Å². The topological polar surface area (TPSA) is 78.2 Å². The molecule has 26 heavy (non-hydrogen) atoms. The fourth-order valence-corrected chi connectivity index (χ4v) is 3.24. The summed E-state index contributed by atoms with van der Waals surface area (Å²) in [6.07, 6.45) is 0. The maximum absolute atomic E-state index is 10.8. The Bertz CT molecular complexity index is 754. The standard InChI is InChI=1S/C20H23N3O3/c1-15(21-22-18-9-7-17(8-10-18)20(24)25)19(16-5-3-2-4-6-16)23-11-13-26-14-12-23/h2-10,19,22H,11-14H2,1H3,(H,24,25)/b21-15-/t19-/m0/s1. The Balaban J connectivity index is 1.78. The molecule has 0 spiro atoms. The number of carboxylic acids is 1. The number of quaternary nitrogens is 1. The first-order valence-electron chi connectivity index (χ1n) is 8.74. The highest BCUT2D eigenvalue weighted by Crippen LogP contribution is 2.14. The zero-order valence-electron chi connectivity index (χ0n) is 14.8. The SMILES string of the molecule is C/C(=N/Nc1ccc(C(=O)[O-])cc1)[C@@H](c1ccccc1)[NH+]1CCOCC1. The number of anilines is 1. The largest absolute Gasteiger partial charge is 0.545 e. The number of carboxylic acid groups (broad SMARTS) is 1. The van der Waals surface area contributed by atoms with E-state index < -0.39 is 5.97 Å². The van der Waals surface area contributed by atoms with Gasteiger partial charge in [0.2, 0.25) is 0 Å². The number of nitrogens with zero attached hydrogens (tertiary/aromatic N) is 1. The van der Waals surface area contributed by atoms with Crippen molar-refractivity contribution in [2.45, 2.75) is 13.0 Å². The normalized spacial score (nSPS) is 16.9. The van der Waals surface area contributed by atoms with E-state index in [2.05, 4.69) is 22.7 Å². The van der Waals surface area contributed by atoms with E-state index >= 15 is 0 Å². The van der Waals surface area contributed by atoms with Gasteiger partial charge in [-0.2, -0.15) is 5.10 Å². The molecule has 1 heterocycles. The number of carbonyl (C=O) groups excluding carboxylic acids is 1. The van der Waals surface area contributed by atoms with Crippen LogP contribution in [-0.4, -0.2) is 38.0 Å². The Morgan fingerprint density at radius 1 is 1.12 bits per heavy atom. The lowest BCUT2D eigenvalue weighted by molar-refractivity contribution is -0.928. The lowest BCUT2D eigenvalue weighted by atomic mass is 10.0. The molecule has 0 saturated carbocycles. The Hall–Kier alpha value is -2.70. The van der Waals surface area contributed by atoms with Gasteiger partial charge in [-0.3, -0.25) is 5.43 Å². The number of morpholine rings is 1. The van der Waals surface area contributed by atoms with E-state index in [0.717, 1.165) is 37.7 Å². The number of hydrazone groups is 1. The highest BCUT2D eigenvalue weighted by molar-refractivity contribution is 5.88. The van der Waals surface area contributed by atoms with Crippen molar-refractivity contribution in [1.82, 2.24) is 0 Å². The number of hydrogen-bond donors (Lipinski definition) is 2. The van der Waals surface area contributed by atoms with E-state index in [1.165, 1.54) is 22.6 Å². The summed E-state index contributed by atoms with van der Waals surface area (Å²) in [6.45, 7) is 5.40. The highest BCUT2D eigenvalue weighted by Gasteiger charge is 2.28. The first-order valence-corrected chi connectivity index (χ1v) is 8.74. The van der Waals surface area contributed by atoms with E-state index in [4.69, 9.17) is 4.74 Å². The molecule has 0 radical (unpaired) electrons.